The predicted molar refractivity (Wildman–Crippen MR) is 51.4 cm³/mol. The minimum absolute atomic E-state index is 0.191. The number of pyridine rings is 1. The molecule has 0 fully saturated rings. The van der Waals surface area contributed by atoms with Crippen LogP contribution in [-0.2, 0) is 0 Å². The van der Waals surface area contributed by atoms with Gasteiger partial charge >= 0.3 is 0 Å². The van der Waals surface area contributed by atoms with Crippen LogP contribution in [0.2, 0.25) is 0 Å². The van der Waals surface area contributed by atoms with E-state index in [9.17, 15) is 4.79 Å². The summed E-state index contributed by atoms with van der Waals surface area (Å²) in [6, 6.07) is 7.18. The van der Waals surface area contributed by atoms with E-state index in [0.717, 1.165) is 0 Å². The van der Waals surface area contributed by atoms with E-state index >= 15 is 0 Å². The number of nitrogens with zero attached hydrogens (tertiary/aromatic N) is 2. The maximum atomic E-state index is 11.4. The molecule has 0 bridgehead atoms. The Labute approximate surface area is 82.6 Å². The Balaban J connectivity index is 2.33. The third kappa shape index (κ3) is 3.23. The first-order chi connectivity index (χ1) is 6.84. The highest BCUT2D eigenvalue weighted by Crippen LogP contribution is 1.93. The lowest BCUT2D eigenvalue weighted by atomic mass is 10.3. The number of carbonyl (C=O) groups excluding carboxylic acids is 1. The molecule has 1 heterocycles. The Morgan fingerprint density at radius 1 is 1.57 bits per heavy atom. The van der Waals surface area contributed by atoms with Gasteiger partial charge in [0.1, 0.15) is 5.69 Å². The number of aromatic nitrogens is 1. The van der Waals surface area contributed by atoms with Crippen molar-refractivity contribution >= 4 is 5.91 Å². The van der Waals surface area contributed by atoms with Crippen LogP contribution in [0.4, 0.5) is 0 Å². The van der Waals surface area contributed by atoms with Crippen molar-refractivity contribution in [2.75, 3.05) is 6.54 Å². The second-order valence-corrected chi connectivity index (χ2v) is 2.73. The molecular formula is C10H11N3O. The van der Waals surface area contributed by atoms with Crippen LogP contribution in [0, 0.1) is 11.3 Å². The third-order valence-electron chi connectivity index (χ3n) is 1.65. The summed E-state index contributed by atoms with van der Waals surface area (Å²) in [5.74, 6) is -0.191. The van der Waals surface area contributed by atoms with E-state index in [2.05, 4.69) is 10.3 Å². The van der Waals surface area contributed by atoms with Crippen molar-refractivity contribution < 1.29 is 4.79 Å². The summed E-state index contributed by atoms with van der Waals surface area (Å²) in [5.41, 5.74) is 0.407. The van der Waals surface area contributed by atoms with Crippen molar-refractivity contribution in [2.24, 2.45) is 0 Å². The second-order valence-electron chi connectivity index (χ2n) is 2.73. The number of hydrogen-bond acceptors (Lipinski definition) is 3. The third-order valence-corrected chi connectivity index (χ3v) is 1.65. The van der Waals surface area contributed by atoms with Gasteiger partial charge in [0.15, 0.2) is 0 Å². The molecule has 0 saturated heterocycles. The molecule has 0 aliphatic rings. The lowest BCUT2D eigenvalue weighted by molar-refractivity contribution is 0.0948. The second kappa shape index (κ2) is 5.70. The summed E-state index contributed by atoms with van der Waals surface area (Å²) < 4.78 is 0. The van der Waals surface area contributed by atoms with Crippen molar-refractivity contribution in [1.29, 1.82) is 5.26 Å². The average Bonchev–Trinajstić information content (AvgIpc) is 2.25. The van der Waals surface area contributed by atoms with E-state index in [-0.39, 0.29) is 5.91 Å². The van der Waals surface area contributed by atoms with Crippen LogP contribution in [0.3, 0.4) is 0 Å². The molecule has 1 amide bonds. The molecule has 0 atom stereocenters. The fraction of sp³-hybridized carbons (Fsp3) is 0.300. The van der Waals surface area contributed by atoms with Crippen molar-refractivity contribution in [3.8, 4) is 6.07 Å². The molecule has 1 rings (SSSR count). The first-order valence-electron chi connectivity index (χ1n) is 4.41. The molecule has 14 heavy (non-hydrogen) atoms. The first kappa shape index (κ1) is 10.2. The van der Waals surface area contributed by atoms with Gasteiger partial charge in [0.2, 0.25) is 0 Å². The predicted octanol–water partition coefficient (Wildman–Crippen LogP) is 1.12. The molecule has 4 heteroatoms. The lowest BCUT2D eigenvalue weighted by Crippen LogP contribution is -2.25. The van der Waals surface area contributed by atoms with Gasteiger partial charge in [-0.3, -0.25) is 9.78 Å². The van der Waals surface area contributed by atoms with Gasteiger partial charge in [0, 0.05) is 19.2 Å². The summed E-state index contributed by atoms with van der Waals surface area (Å²) in [6.45, 7) is 0.517. The molecule has 0 radical (unpaired) electrons. The van der Waals surface area contributed by atoms with Crippen molar-refractivity contribution in [3.63, 3.8) is 0 Å². The van der Waals surface area contributed by atoms with Gasteiger partial charge in [-0.05, 0) is 18.6 Å². The molecule has 0 aliphatic heterocycles. The topological polar surface area (TPSA) is 65.8 Å². The zero-order valence-electron chi connectivity index (χ0n) is 7.73. The van der Waals surface area contributed by atoms with Crippen LogP contribution in [0.25, 0.3) is 0 Å². The highest BCUT2D eigenvalue weighted by Gasteiger charge is 2.03. The number of nitrogens with one attached hydrogen (secondary N) is 1. The molecule has 0 aliphatic carbocycles. The molecule has 1 aromatic rings. The fourth-order valence-corrected chi connectivity index (χ4v) is 0.957. The summed E-state index contributed by atoms with van der Waals surface area (Å²) in [7, 11) is 0. The molecule has 0 aromatic carbocycles. The summed E-state index contributed by atoms with van der Waals surface area (Å²) >= 11 is 0. The minimum Gasteiger partial charge on any atom is -0.351 e. The van der Waals surface area contributed by atoms with E-state index < -0.39 is 0 Å². The normalized spacial score (nSPS) is 9.07. The quantitative estimate of drug-likeness (QED) is 0.721. The van der Waals surface area contributed by atoms with Gasteiger partial charge < -0.3 is 5.32 Å². The van der Waals surface area contributed by atoms with Crippen LogP contribution in [0.15, 0.2) is 24.4 Å². The molecule has 0 spiro atoms. The summed E-state index contributed by atoms with van der Waals surface area (Å²) in [6.07, 6.45) is 2.71. The zero-order chi connectivity index (χ0) is 10.2. The minimum atomic E-state index is -0.191. The van der Waals surface area contributed by atoms with Crippen LogP contribution in [-0.4, -0.2) is 17.4 Å². The van der Waals surface area contributed by atoms with Crippen molar-refractivity contribution in [3.05, 3.63) is 30.1 Å². The molecule has 1 N–H and O–H groups in total. The van der Waals surface area contributed by atoms with E-state index in [0.29, 0.717) is 25.1 Å². The van der Waals surface area contributed by atoms with Gasteiger partial charge in [0.05, 0.1) is 6.07 Å². The Kier molecular flexibility index (Phi) is 4.15. The molecule has 0 saturated carbocycles. The largest absolute Gasteiger partial charge is 0.351 e. The van der Waals surface area contributed by atoms with E-state index in [1.54, 1.807) is 24.4 Å². The molecule has 4 nitrogen and oxygen atoms in total. The number of rotatable bonds is 4. The highest BCUT2D eigenvalue weighted by atomic mass is 16.1. The number of hydrogen-bond donors (Lipinski definition) is 1. The number of carbonyl (C=O) groups is 1. The van der Waals surface area contributed by atoms with Gasteiger partial charge in [-0.1, -0.05) is 6.07 Å². The van der Waals surface area contributed by atoms with Gasteiger partial charge in [0.25, 0.3) is 5.91 Å². The van der Waals surface area contributed by atoms with Crippen molar-refractivity contribution in [1.82, 2.24) is 10.3 Å². The van der Waals surface area contributed by atoms with Gasteiger partial charge in [-0.25, -0.2) is 0 Å². The Bertz CT molecular complexity index is 329. The van der Waals surface area contributed by atoms with Crippen LogP contribution in [0.5, 0.6) is 0 Å². The monoisotopic (exact) mass is 189 g/mol. The SMILES string of the molecule is N#CCCCNC(=O)c1ccccn1. The average molecular weight is 189 g/mol. The fourth-order valence-electron chi connectivity index (χ4n) is 0.957. The van der Waals surface area contributed by atoms with Crippen molar-refractivity contribution in [2.45, 2.75) is 12.8 Å². The number of unbranched alkanes of at least 4 members (excludes halogenated alkanes) is 1. The van der Waals surface area contributed by atoms with Crippen LogP contribution >= 0.6 is 0 Å². The van der Waals surface area contributed by atoms with Gasteiger partial charge in [-0.2, -0.15) is 5.26 Å². The van der Waals surface area contributed by atoms with E-state index in [1.165, 1.54) is 0 Å². The summed E-state index contributed by atoms with van der Waals surface area (Å²) in [5, 5.41) is 11.0. The highest BCUT2D eigenvalue weighted by molar-refractivity contribution is 5.92. The maximum absolute atomic E-state index is 11.4. The van der Waals surface area contributed by atoms with E-state index in [1.807, 2.05) is 6.07 Å². The van der Waals surface area contributed by atoms with E-state index in [4.69, 9.17) is 5.26 Å². The van der Waals surface area contributed by atoms with Gasteiger partial charge in [-0.15, -0.1) is 0 Å². The molecule has 72 valence electrons. The molecular weight excluding hydrogens is 178 g/mol. The Morgan fingerprint density at radius 3 is 3.07 bits per heavy atom. The standard InChI is InChI=1S/C10H11N3O/c11-6-2-4-8-13-10(14)9-5-1-3-7-12-9/h1,3,5,7H,2,4,8H2,(H,13,14). The van der Waals surface area contributed by atoms with Crippen LogP contribution < -0.4 is 5.32 Å². The molecule has 0 unspecified atom stereocenters. The number of amides is 1. The molecule has 1 aromatic heterocycles. The Morgan fingerprint density at radius 2 is 2.43 bits per heavy atom. The lowest BCUT2D eigenvalue weighted by Gasteiger charge is -2.01. The smallest absolute Gasteiger partial charge is 0.269 e. The summed E-state index contributed by atoms with van der Waals surface area (Å²) in [4.78, 5) is 15.3. The Hall–Kier alpha value is -1.89. The van der Waals surface area contributed by atoms with Crippen LogP contribution in [0.1, 0.15) is 23.3 Å². The first-order valence-corrected chi connectivity index (χ1v) is 4.41. The number of nitriles is 1. The maximum Gasteiger partial charge on any atom is 0.269 e. The zero-order valence-corrected chi connectivity index (χ0v) is 7.73.